The van der Waals surface area contributed by atoms with Gasteiger partial charge in [-0.1, -0.05) is 22.9 Å². The van der Waals surface area contributed by atoms with Crippen molar-refractivity contribution in [2.24, 2.45) is 0 Å². The fourth-order valence-electron chi connectivity index (χ4n) is 17.0. The average molecular weight is 1740 g/mol. The lowest BCUT2D eigenvalue weighted by Crippen LogP contribution is -2.64. The van der Waals surface area contributed by atoms with Gasteiger partial charge in [0.25, 0.3) is 17.7 Å². The molecule has 2 N–H and O–H groups in total. The molecule has 27 heteroatoms. The molecule has 690 valence electrons. The van der Waals surface area contributed by atoms with Crippen LogP contribution >= 0.6 is 11.6 Å². The molecular formula is C97H157ClF2N18O6+2. The number of methoxy groups -OCH3 is 3. The van der Waals surface area contributed by atoms with Crippen molar-refractivity contribution in [1.29, 1.82) is 0 Å². The largest absolute Gasteiger partial charge is 0.496 e. The van der Waals surface area contributed by atoms with Crippen LogP contribution in [0.4, 0.5) is 8.78 Å². The number of hydrogen-bond acceptors (Lipinski definition) is 15. The van der Waals surface area contributed by atoms with Crippen molar-refractivity contribution in [3.05, 3.63) is 157 Å². The number of hydrogen-bond donors (Lipinski definition) is 2. The Kier molecular flexibility index (Phi) is 39.2. The Morgan fingerprint density at radius 1 is 0.379 bits per heavy atom. The van der Waals surface area contributed by atoms with Crippen molar-refractivity contribution < 1.29 is 46.7 Å². The summed E-state index contributed by atoms with van der Waals surface area (Å²) in [7, 11) is 4.94. The van der Waals surface area contributed by atoms with Crippen LogP contribution in [-0.2, 0) is 0 Å². The normalized spacial score (nSPS) is 20.0. The quantitative estimate of drug-likeness (QED) is 0.0820. The number of nitrogens with zero attached hydrogens (tertiary/aromatic N) is 16. The predicted molar refractivity (Wildman–Crippen MR) is 497 cm³/mol. The highest BCUT2D eigenvalue weighted by Crippen LogP contribution is 2.30. The highest BCUT2D eigenvalue weighted by molar-refractivity contribution is 6.29. The van der Waals surface area contributed by atoms with Gasteiger partial charge in [-0.2, -0.15) is 20.4 Å². The van der Waals surface area contributed by atoms with Crippen LogP contribution in [-0.4, -0.2) is 303 Å². The van der Waals surface area contributed by atoms with Crippen molar-refractivity contribution in [3.63, 3.8) is 0 Å². The lowest BCUT2D eigenvalue weighted by Gasteiger charge is -2.49. The van der Waals surface area contributed by atoms with Crippen LogP contribution in [0.1, 0.15) is 234 Å². The van der Waals surface area contributed by atoms with Crippen molar-refractivity contribution in [2.45, 2.75) is 271 Å². The van der Waals surface area contributed by atoms with Crippen LogP contribution in [0.2, 0.25) is 5.15 Å². The Bertz CT molecular complexity index is 4280. The molecule has 7 saturated heterocycles. The zero-order chi connectivity index (χ0) is 91.2. The van der Waals surface area contributed by atoms with Crippen LogP contribution in [0.15, 0.2) is 79.4 Å². The first-order valence-corrected chi connectivity index (χ1v) is 46.3. The third-order valence-electron chi connectivity index (χ3n) is 26.3. The van der Waals surface area contributed by atoms with Crippen molar-refractivity contribution in [3.8, 4) is 17.2 Å². The number of amides is 3. The van der Waals surface area contributed by atoms with Gasteiger partial charge < -0.3 is 28.9 Å². The number of benzene rings is 3. The minimum atomic E-state index is -0.869. The Balaban J connectivity index is 0.000000183. The number of aryl methyl sites for hydroxylation is 9. The Morgan fingerprint density at radius 3 is 1.02 bits per heavy atom. The SMILES string of the molecule is COc1cc(C(=O)N2CCC(N3CCN(C(C)C)CC3)CC2)ccc1C.COc1cc(C(=O)N2CCN(C(C)C)CC2)ccc1C.COc1cc(C(=O)N2CCN(C3CN(C(C)C)C3)CC2)ccc1C.Cc1c[nH][n+]([C@H]2CCN(C(C)C)C[C@@H]2F)c1C.Cc1c[nH][n+]([C@H]2CCN(C(C)C)C[C@@H]2F)c1Cl.Cc1cn(C(C)C)nc1C.Cc1cn(C(C)C)nc1C. The molecule has 7 fully saturated rings. The first-order chi connectivity index (χ1) is 58.7. The van der Waals surface area contributed by atoms with Crippen LogP contribution in [0.5, 0.6) is 17.2 Å². The van der Waals surface area contributed by atoms with Crippen molar-refractivity contribution in [2.75, 3.05) is 152 Å². The molecule has 7 aromatic rings. The number of nitrogens with one attached hydrogen (secondary N) is 2. The Morgan fingerprint density at radius 2 is 0.710 bits per heavy atom. The molecule has 3 amide bonds. The molecule has 0 unspecified atom stereocenters. The summed E-state index contributed by atoms with van der Waals surface area (Å²) in [5, 5.41) is 15.5. The number of rotatable bonds is 17. The van der Waals surface area contributed by atoms with E-state index in [0.29, 0.717) is 78.2 Å². The molecule has 0 saturated carbocycles. The van der Waals surface area contributed by atoms with Gasteiger partial charge in [-0.05, 0) is 248 Å². The highest BCUT2D eigenvalue weighted by Gasteiger charge is 2.42. The number of aromatic nitrogens is 8. The first-order valence-electron chi connectivity index (χ1n) is 45.9. The van der Waals surface area contributed by atoms with Gasteiger partial charge in [0.1, 0.15) is 17.2 Å². The maximum absolute atomic E-state index is 14.3. The number of carbonyl (C=O) groups excluding carboxylic acids is 3. The number of piperazine rings is 3. The van der Waals surface area contributed by atoms with Gasteiger partial charge in [-0.15, -0.1) is 4.68 Å². The molecule has 3 aromatic carbocycles. The topological polar surface area (TPSA) is 186 Å². The standard InChI is InChI=1S/C21H33N3O2.C19H29N3O2.C16H24N2O2.C13H22FN3.C12H19ClFN3.2C8H14N2/c1-16(2)22-11-13-23(14-12-22)19-7-9-24(10-8-19)21(25)18-6-5-17(3)20(15-18)26-4;1-14(2)22-12-17(13-22)20-7-9-21(10-8-20)19(23)16-6-5-15(3)18(11-16)24-4;1-12(2)17-7-9-18(10-8-17)16(19)14-6-5-13(3)15(11-14)20-4;1-9(2)16-6-5-13(12(14)8-16)17-11(4)10(3)7-15-17;1-8(2)16-5-4-11(10(14)7-16)17-12(13)9(3)6-15-17;2*1-6(2)10-5-7(3)8(4)9-10/h5-6,15-16,19H,7-14H2,1-4H3;5-6,11,14,17H,7-10,12-13H2,1-4H3;5-6,11-12H,7-10H2,1-4H3;7,9,12-13H,5-6,8H2,1-4H3;6,8,10-11H,4-5,7H2,1-3H3;2*5-6H,1-4H3/p+2/t;;;12-,13-;10-,11-;;/m...00../s1. The summed E-state index contributed by atoms with van der Waals surface area (Å²) in [6.07, 6.45) is 10.1. The number of alkyl halides is 2. The van der Waals surface area contributed by atoms with Gasteiger partial charge >= 0.3 is 5.15 Å². The maximum Gasteiger partial charge on any atom is 0.303 e. The molecule has 24 nitrogen and oxygen atoms in total. The van der Waals surface area contributed by atoms with E-state index in [4.69, 9.17) is 25.8 Å². The summed E-state index contributed by atoms with van der Waals surface area (Å²) in [5.74, 6) is 2.69. The van der Waals surface area contributed by atoms with E-state index in [-0.39, 0.29) is 29.8 Å². The summed E-state index contributed by atoms with van der Waals surface area (Å²) in [4.78, 5) is 61.0. The van der Waals surface area contributed by atoms with Crippen LogP contribution in [0.3, 0.4) is 0 Å². The second-order valence-corrected chi connectivity index (χ2v) is 37.4. The zero-order valence-electron chi connectivity index (χ0n) is 80.7. The van der Waals surface area contributed by atoms with E-state index in [1.165, 1.54) is 42.9 Å². The van der Waals surface area contributed by atoms with Crippen molar-refractivity contribution >= 4 is 29.3 Å². The number of piperidine rings is 3. The number of H-pyrrole nitrogens is 2. The van der Waals surface area contributed by atoms with Gasteiger partial charge in [0.2, 0.25) is 17.8 Å². The van der Waals surface area contributed by atoms with E-state index < -0.39 is 12.3 Å². The second-order valence-electron chi connectivity index (χ2n) is 37.1. The van der Waals surface area contributed by atoms with Gasteiger partial charge in [-0.3, -0.25) is 58.0 Å². The maximum atomic E-state index is 14.3. The lowest BCUT2D eigenvalue weighted by atomic mass is 10.0. The third-order valence-corrected chi connectivity index (χ3v) is 26.8. The monoisotopic (exact) mass is 1740 g/mol. The lowest BCUT2D eigenvalue weighted by molar-refractivity contribution is -0.785. The summed E-state index contributed by atoms with van der Waals surface area (Å²) in [6, 6.07) is 21.9. The van der Waals surface area contributed by atoms with Gasteiger partial charge in [-0.25, -0.2) is 8.78 Å². The molecule has 11 heterocycles. The zero-order valence-corrected chi connectivity index (χ0v) is 81.5. The molecular weight excluding hydrogens is 1590 g/mol. The van der Waals surface area contributed by atoms with Crippen LogP contribution in [0, 0.1) is 69.2 Å². The molecule has 7 aliphatic heterocycles. The number of likely N-dealkylation sites (tertiary alicyclic amines) is 4. The van der Waals surface area contributed by atoms with E-state index >= 15 is 0 Å². The Hall–Kier alpha value is -7.82. The number of aromatic amines is 2. The predicted octanol–water partition coefficient (Wildman–Crippen LogP) is 15.0. The van der Waals surface area contributed by atoms with E-state index in [1.807, 2.05) is 144 Å². The molecule has 0 radical (unpaired) electrons. The third kappa shape index (κ3) is 27.8. The molecule has 7 aliphatic rings. The van der Waals surface area contributed by atoms with Crippen LogP contribution in [0.25, 0.3) is 0 Å². The molecule has 0 bridgehead atoms. The number of carbonyl (C=O) groups is 3. The molecule has 124 heavy (non-hydrogen) atoms. The average Bonchev–Trinajstić information content (AvgIpc) is 1.73. The van der Waals surface area contributed by atoms with E-state index in [2.05, 4.69) is 185 Å². The smallest absolute Gasteiger partial charge is 0.303 e. The summed E-state index contributed by atoms with van der Waals surface area (Å²) in [5.41, 5.74) is 13.5. The summed E-state index contributed by atoms with van der Waals surface area (Å²) >= 11 is 6.16. The fraction of sp³-hybridized carbons (Fsp3) is 0.660. The minimum Gasteiger partial charge on any atom is -0.496 e. The summed E-state index contributed by atoms with van der Waals surface area (Å²) in [6.45, 7) is 69.4. The van der Waals surface area contributed by atoms with Crippen LogP contribution < -0.4 is 23.6 Å². The van der Waals surface area contributed by atoms with E-state index in [0.717, 1.165) is 185 Å². The second kappa shape index (κ2) is 47.8. The molecule has 4 atom stereocenters. The first kappa shape index (κ1) is 102. The van der Waals surface area contributed by atoms with Gasteiger partial charge in [0, 0.05) is 240 Å². The highest BCUT2D eigenvalue weighted by atomic mass is 35.5. The van der Waals surface area contributed by atoms with E-state index in [1.54, 1.807) is 26.0 Å². The Labute approximate surface area is 748 Å². The molecule has 4 aromatic heterocycles. The minimum absolute atomic E-state index is 0.0290. The fourth-order valence-corrected chi connectivity index (χ4v) is 17.2. The molecule has 0 aliphatic carbocycles. The molecule has 0 spiro atoms. The number of ether oxygens (including phenoxy) is 3. The molecule has 14 rings (SSSR count). The van der Waals surface area contributed by atoms with Crippen molar-refractivity contribution in [1.82, 2.24) is 78.8 Å². The number of halogens is 3. The van der Waals surface area contributed by atoms with E-state index in [9.17, 15) is 23.2 Å². The summed E-state index contributed by atoms with van der Waals surface area (Å²) < 4.78 is 52.2. The van der Waals surface area contributed by atoms with Gasteiger partial charge in [0.15, 0.2) is 12.3 Å². The van der Waals surface area contributed by atoms with Gasteiger partial charge in [0.05, 0.1) is 50.7 Å².